The Labute approximate surface area is 516 Å². The van der Waals surface area contributed by atoms with E-state index in [2.05, 4.69) is 72.8 Å². The van der Waals surface area contributed by atoms with E-state index in [9.17, 15) is 43.2 Å². The van der Waals surface area contributed by atoms with Crippen molar-refractivity contribution in [3.05, 3.63) is 24.3 Å². The lowest BCUT2D eigenvalue weighted by atomic mass is 10.0. The average Bonchev–Trinajstić information content (AvgIpc) is 3.61. The van der Waals surface area contributed by atoms with Gasteiger partial charge in [-0.2, -0.15) is 0 Å². The van der Waals surface area contributed by atoms with Crippen LogP contribution in [-0.4, -0.2) is 96.7 Å². The second-order valence-corrected chi connectivity index (χ2v) is 27.5. The van der Waals surface area contributed by atoms with E-state index in [1.165, 1.54) is 83.5 Å². The van der Waals surface area contributed by atoms with E-state index in [1.807, 2.05) is 0 Å². The number of aliphatic hydroxyl groups excluding tert-OH is 1. The summed E-state index contributed by atoms with van der Waals surface area (Å²) in [7, 11) is -9.90. The highest BCUT2D eigenvalue weighted by Gasteiger charge is 2.30. The lowest BCUT2D eigenvalue weighted by Crippen LogP contribution is -2.30. The summed E-state index contributed by atoms with van der Waals surface area (Å²) in [5, 5.41) is 10.5. The zero-order chi connectivity index (χ0) is 63.1. The highest BCUT2D eigenvalue weighted by Crippen LogP contribution is 2.45. The molecule has 0 rings (SSSR count). The van der Waals surface area contributed by atoms with Gasteiger partial charge in [-0.15, -0.1) is 0 Å². The number of esters is 4. The van der Waals surface area contributed by atoms with E-state index >= 15 is 0 Å². The van der Waals surface area contributed by atoms with Gasteiger partial charge in [0, 0.05) is 25.7 Å². The molecule has 19 heteroatoms. The number of hydrogen-bond acceptors (Lipinski definition) is 15. The Bertz CT molecular complexity index is 1770. The molecular formula is C66H124O17P2. The number of aliphatic hydroxyl groups is 1. The molecule has 17 nitrogen and oxygen atoms in total. The molecule has 5 atom stereocenters. The Kier molecular flexibility index (Phi) is 55.1. The van der Waals surface area contributed by atoms with Crippen LogP contribution in [-0.2, 0) is 65.4 Å². The Morgan fingerprint density at radius 3 is 0.953 bits per heavy atom. The van der Waals surface area contributed by atoms with Crippen LogP contribution in [0.4, 0.5) is 0 Å². The molecule has 500 valence electrons. The topological polar surface area (TPSA) is 237 Å². The first-order chi connectivity index (χ1) is 40.7. The lowest BCUT2D eigenvalue weighted by molar-refractivity contribution is -0.161. The highest BCUT2D eigenvalue weighted by molar-refractivity contribution is 7.47. The molecule has 0 aliphatic rings. The van der Waals surface area contributed by atoms with Crippen molar-refractivity contribution in [3.63, 3.8) is 0 Å². The molecule has 0 bridgehead atoms. The predicted molar refractivity (Wildman–Crippen MR) is 340 cm³/mol. The molecule has 0 aromatic rings. The van der Waals surface area contributed by atoms with Crippen molar-refractivity contribution in [1.29, 1.82) is 0 Å². The quantitative estimate of drug-likeness (QED) is 0.0169. The number of carbonyl (C=O) groups is 4. The van der Waals surface area contributed by atoms with Gasteiger partial charge < -0.3 is 33.8 Å². The van der Waals surface area contributed by atoms with Crippen molar-refractivity contribution >= 4 is 39.5 Å². The Balaban J connectivity index is 5.27. The van der Waals surface area contributed by atoms with E-state index in [-0.39, 0.29) is 25.7 Å². The van der Waals surface area contributed by atoms with E-state index < -0.39 is 97.5 Å². The summed E-state index contributed by atoms with van der Waals surface area (Å²) in [6.45, 7) is 11.6. The maximum absolute atomic E-state index is 13.0. The van der Waals surface area contributed by atoms with E-state index in [0.717, 1.165) is 116 Å². The third-order valence-corrected chi connectivity index (χ3v) is 16.4. The molecular weight excluding hydrogens is 1130 g/mol. The minimum atomic E-state index is -4.95. The number of carbonyl (C=O) groups excluding carboxylic acids is 4. The highest BCUT2D eigenvalue weighted by atomic mass is 31.2. The predicted octanol–water partition coefficient (Wildman–Crippen LogP) is 17.8. The third kappa shape index (κ3) is 60.2. The molecule has 0 aromatic carbocycles. The first-order valence-corrected chi connectivity index (χ1v) is 36.7. The molecule has 0 heterocycles. The lowest BCUT2D eigenvalue weighted by Gasteiger charge is -2.21. The van der Waals surface area contributed by atoms with Gasteiger partial charge in [-0.05, 0) is 69.1 Å². The second-order valence-electron chi connectivity index (χ2n) is 24.6. The number of rotatable bonds is 62. The van der Waals surface area contributed by atoms with Crippen molar-refractivity contribution in [2.75, 3.05) is 39.6 Å². The zero-order valence-electron chi connectivity index (χ0n) is 54.5. The summed E-state index contributed by atoms with van der Waals surface area (Å²) in [6, 6.07) is 0. The van der Waals surface area contributed by atoms with Crippen LogP contribution in [0.2, 0.25) is 0 Å². The van der Waals surface area contributed by atoms with Crippen molar-refractivity contribution in [2.24, 2.45) is 17.8 Å². The summed E-state index contributed by atoms with van der Waals surface area (Å²) in [4.78, 5) is 72.2. The molecule has 0 amide bonds. The Morgan fingerprint density at radius 1 is 0.365 bits per heavy atom. The zero-order valence-corrected chi connectivity index (χ0v) is 56.3. The molecule has 0 fully saturated rings. The second kappa shape index (κ2) is 56.8. The van der Waals surface area contributed by atoms with Gasteiger partial charge in [0.2, 0.25) is 0 Å². The van der Waals surface area contributed by atoms with Gasteiger partial charge in [-0.3, -0.25) is 37.3 Å². The minimum Gasteiger partial charge on any atom is -0.462 e. The van der Waals surface area contributed by atoms with Crippen LogP contribution in [0.25, 0.3) is 0 Å². The summed E-state index contributed by atoms with van der Waals surface area (Å²) >= 11 is 0. The van der Waals surface area contributed by atoms with Gasteiger partial charge in [0.05, 0.1) is 26.4 Å². The van der Waals surface area contributed by atoms with Gasteiger partial charge in [-0.25, -0.2) is 9.13 Å². The molecule has 0 spiro atoms. The Hall–Kier alpha value is -2.46. The molecule has 0 saturated heterocycles. The molecule has 0 aliphatic heterocycles. The normalized spacial score (nSPS) is 14.5. The maximum Gasteiger partial charge on any atom is 0.472 e. The summed E-state index contributed by atoms with van der Waals surface area (Å²) < 4.78 is 68.0. The van der Waals surface area contributed by atoms with Crippen molar-refractivity contribution in [2.45, 2.75) is 317 Å². The summed E-state index contributed by atoms with van der Waals surface area (Å²) in [6.07, 6.45) is 41.4. The van der Waals surface area contributed by atoms with Crippen LogP contribution in [0, 0.1) is 17.8 Å². The van der Waals surface area contributed by atoms with Gasteiger partial charge in [0.15, 0.2) is 12.2 Å². The van der Waals surface area contributed by atoms with Gasteiger partial charge in [0.25, 0.3) is 0 Å². The number of ether oxygens (including phenoxy) is 4. The number of allylic oxidation sites excluding steroid dienone is 4. The largest absolute Gasteiger partial charge is 0.472 e. The summed E-state index contributed by atoms with van der Waals surface area (Å²) in [5.41, 5.74) is 0. The van der Waals surface area contributed by atoms with E-state index in [0.29, 0.717) is 43.4 Å². The molecule has 0 saturated carbocycles. The molecule has 0 aliphatic carbocycles. The standard InChI is InChI=1S/C66H124O17P2/c1-8-9-10-11-12-13-14-15-16-17-18-19-25-35-42-49-65(70)82-62(54-77-64(69)48-41-34-29-28-32-39-46-59(6)7)56-81-85(74,75)79-52-60(67)51-78-84(72,73)80-55-61(53-76-63(68)47-40-33-27-22-24-31-38-45-58(4)5)83-66(71)50-43-36-26-21-20-23-30-37-44-57(2)3/h13-16,57-62,67H,8-12,17-56H2,1-7H3,(H,72,73)(H,74,75)/b14-13-,16-15-/t60-,61-,62-/m1/s1. The molecule has 0 radical (unpaired) electrons. The molecule has 85 heavy (non-hydrogen) atoms. The van der Waals surface area contributed by atoms with E-state index in [4.69, 9.17) is 37.0 Å². The number of phosphoric ester groups is 2. The van der Waals surface area contributed by atoms with Gasteiger partial charge in [-0.1, -0.05) is 246 Å². The fourth-order valence-electron chi connectivity index (χ4n) is 9.29. The first kappa shape index (κ1) is 82.5. The SMILES string of the molecule is CCCCCC/C=C\C=C/CCCCCCCC(=O)O[C@H](COC(=O)CCCCCCCCC(C)C)COP(=O)(O)OC[C@H](O)COP(=O)(O)OC[C@@H](COC(=O)CCCCCCCCCC(C)C)OC(=O)CCCCCCCCCCC(C)C. The van der Waals surface area contributed by atoms with Crippen LogP contribution >= 0.6 is 15.6 Å². The van der Waals surface area contributed by atoms with Crippen LogP contribution < -0.4 is 0 Å². The van der Waals surface area contributed by atoms with Crippen molar-refractivity contribution in [1.82, 2.24) is 0 Å². The van der Waals surface area contributed by atoms with Crippen LogP contribution in [0.1, 0.15) is 299 Å². The van der Waals surface area contributed by atoms with E-state index in [1.54, 1.807) is 0 Å². The molecule has 0 aromatic heterocycles. The third-order valence-electron chi connectivity index (χ3n) is 14.5. The van der Waals surface area contributed by atoms with Crippen molar-refractivity contribution in [3.8, 4) is 0 Å². The summed E-state index contributed by atoms with van der Waals surface area (Å²) in [5.74, 6) is -0.0721. The number of phosphoric acid groups is 2. The average molecular weight is 1250 g/mol. The monoisotopic (exact) mass is 1250 g/mol. The fourth-order valence-corrected chi connectivity index (χ4v) is 10.9. The molecule has 2 unspecified atom stereocenters. The van der Waals surface area contributed by atoms with Crippen LogP contribution in [0.3, 0.4) is 0 Å². The van der Waals surface area contributed by atoms with Gasteiger partial charge >= 0.3 is 39.5 Å². The van der Waals surface area contributed by atoms with Gasteiger partial charge in [0.1, 0.15) is 19.3 Å². The molecule has 3 N–H and O–H groups in total. The fraction of sp³-hybridized carbons (Fsp3) is 0.879. The minimum absolute atomic E-state index is 0.0832. The Morgan fingerprint density at radius 2 is 0.635 bits per heavy atom. The number of hydrogen-bond donors (Lipinski definition) is 3. The van der Waals surface area contributed by atoms with Crippen LogP contribution in [0.5, 0.6) is 0 Å². The maximum atomic E-state index is 13.0. The smallest absolute Gasteiger partial charge is 0.462 e. The van der Waals surface area contributed by atoms with Crippen molar-refractivity contribution < 1.29 is 80.2 Å². The number of unbranched alkanes of at least 4 members (excludes halogenated alkanes) is 27. The first-order valence-electron chi connectivity index (χ1n) is 33.7. The van der Waals surface area contributed by atoms with Crippen LogP contribution in [0.15, 0.2) is 24.3 Å².